The van der Waals surface area contributed by atoms with E-state index in [1.165, 1.54) is 0 Å². The summed E-state index contributed by atoms with van der Waals surface area (Å²) >= 11 is 0. The van der Waals surface area contributed by atoms with E-state index in [0.717, 1.165) is 30.6 Å². The number of likely N-dealkylation sites (tertiary alicyclic amines) is 1. The van der Waals surface area contributed by atoms with E-state index in [4.69, 9.17) is 9.47 Å². The maximum atomic E-state index is 12.8. The van der Waals surface area contributed by atoms with Crippen LogP contribution in [-0.4, -0.2) is 42.2 Å². The van der Waals surface area contributed by atoms with Crippen molar-refractivity contribution in [2.24, 2.45) is 5.92 Å². The van der Waals surface area contributed by atoms with Gasteiger partial charge in [-0.05, 0) is 39.7 Å². The number of rotatable bonds is 2. The van der Waals surface area contributed by atoms with Crippen LogP contribution in [0.15, 0.2) is 24.3 Å². The molecule has 0 radical (unpaired) electrons. The van der Waals surface area contributed by atoms with Crippen LogP contribution in [0.4, 0.5) is 4.79 Å². The predicted octanol–water partition coefficient (Wildman–Crippen LogP) is 3.27. The van der Waals surface area contributed by atoms with Gasteiger partial charge in [0.1, 0.15) is 11.4 Å². The molecule has 3 rings (SSSR count). The number of fused-ring (bicyclic) bond motifs is 1. The number of hydrogen-bond donors (Lipinski definition) is 1. The molecule has 142 valence electrons. The molecule has 0 aliphatic carbocycles. The van der Waals surface area contributed by atoms with E-state index in [-0.39, 0.29) is 24.0 Å². The Bertz CT molecular complexity index is 668. The second-order valence-corrected chi connectivity index (χ2v) is 8.00. The Morgan fingerprint density at radius 1 is 1.23 bits per heavy atom. The van der Waals surface area contributed by atoms with Crippen molar-refractivity contribution in [2.75, 3.05) is 19.7 Å². The van der Waals surface area contributed by atoms with Crippen molar-refractivity contribution in [3.05, 3.63) is 29.8 Å². The highest BCUT2D eigenvalue weighted by molar-refractivity contribution is 5.80. The summed E-state index contributed by atoms with van der Waals surface area (Å²) in [5.41, 5.74) is 0.491. The third-order valence-corrected chi connectivity index (χ3v) is 4.72. The zero-order valence-electron chi connectivity index (χ0n) is 15.8. The first-order chi connectivity index (χ1) is 12.3. The first-order valence-electron chi connectivity index (χ1n) is 9.33. The van der Waals surface area contributed by atoms with Crippen molar-refractivity contribution in [3.8, 4) is 5.75 Å². The zero-order valence-corrected chi connectivity index (χ0v) is 15.8. The quantitative estimate of drug-likeness (QED) is 0.879. The maximum Gasteiger partial charge on any atom is 0.410 e. The van der Waals surface area contributed by atoms with Gasteiger partial charge in [-0.2, -0.15) is 0 Å². The Morgan fingerprint density at radius 2 is 2.00 bits per heavy atom. The van der Waals surface area contributed by atoms with Crippen LogP contribution in [0.25, 0.3) is 0 Å². The lowest BCUT2D eigenvalue weighted by atomic mass is 9.95. The fourth-order valence-corrected chi connectivity index (χ4v) is 3.47. The lowest BCUT2D eigenvalue weighted by Gasteiger charge is -2.34. The summed E-state index contributed by atoms with van der Waals surface area (Å²) in [4.78, 5) is 26.7. The second kappa shape index (κ2) is 7.56. The van der Waals surface area contributed by atoms with Crippen molar-refractivity contribution in [1.82, 2.24) is 10.2 Å². The molecule has 2 atom stereocenters. The van der Waals surface area contributed by atoms with Gasteiger partial charge in [-0.3, -0.25) is 4.79 Å². The molecule has 0 spiro atoms. The summed E-state index contributed by atoms with van der Waals surface area (Å²) in [6.45, 7) is 7.19. The van der Waals surface area contributed by atoms with Crippen LogP contribution in [-0.2, 0) is 9.53 Å². The largest absolute Gasteiger partial charge is 0.493 e. The number of nitrogens with zero attached hydrogens (tertiary/aromatic N) is 1. The molecule has 2 amide bonds. The van der Waals surface area contributed by atoms with Gasteiger partial charge in [0.25, 0.3) is 0 Å². The van der Waals surface area contributed by atoms with Crippen molar-refractivity contribution in [1.29, 1.82) is 0 Å². The number of hydrogen-bond acceptors (Lipinski definition) is 4. The second-order valence-electron chi connectivity index (χ2n) is 8.00. The molecule has 6 nitrogen and oxygen atoms in total. The Hall–Kier alpha value is -2.24. The highest BCUT2D eigenvalue weighted by Crippen LogP contribution is 2.32. The van der Waals surface area contributed by atoms with E-state index in [0.29, 0.717) is 19.7 Å². The number of carbonyl (C=O) groups excluding carboxylic acids is 2. The van der Waals surface area contributed by atoms with Crippen molar-refractivity contribution in [3.63, 3.8) is 0 Å². The molecule has 1 N–H and O–H groups in total. The van der Waals surface area contributed by atoms with Gasteiger partial charge < -0.3 is 19.7 Å². The minimum atomic E-state index is -0.530. The van der Waals surface area contributed by atoms with Gasteiger partial charge in [-0.15, -0.1) is 0 Å². The zero-order chi connectivity index (χ0) is 18.7. The van der Waals surface area contributed by atoms with Crippen LogP contribution in [0.1, 0.15) is 51.6 Å². The number of para-hydroxylation sites is 1. The van der Waals surface area contributed by atoms with Crippen molar-refractivity contribution in [2.45, 2.75) is 51.7 Å². The molecule has 0 saturated carbocycles. The summed E-state index contributed by atoms with van der Waals surface area (Å²) in [5.74, 6) is 0.634. The molecule has 1 aromatic rings. The molecule has 0 bridgehead atoms. The number of nitrogens with one attached hydrogen (secondary N) is 1. The van der Waals surface area contributed by atoms with Crippen molar-refractivity contribution < 1.29 is 19.1 Å². The molecule has 1 aromatic carbocycles. The van der Waals surface area contributed by atoms with Crippen LogP contribution in [0, 0.1) is 5.92 Å². The molecule has 1 fully saturated rings. The van der Waals surface area contributed by atoms with E-state index in [2.05, 4.69) is 5.32 Å². The lowest BCUT2D eigenvalue weighted by Crippen LogP contribution is -2.47. The normalized spacial score (nSPS) is 22.8. The standard InChI is InChI=1S/C20H28N2O4/c1-20(2,3)26-19(24)22-11-6-7-14(13-22)18(23)21-16-10-12-25-17-9-5-4-8-15(16)17/h4-5,8-9,14,16H,6-7,10-13H2,1-3H3,(H,21,23). The fraction of sp³-hybridized carbons (Fsp3) is 0.600. The smallest absolute Gasteiger partial charge is 0.410 e. The lowest BCUT2D eigenvalue weighted by molar-refractivity contribution is -0.127. The number of carbonyl (C=O) groups is 2. The van der Waals surface area contributed by atoms with Crippen LogP contribution < -0.4 is 10.1 Å². The summed E-state index contributed by atoms with van der Waals surface area (Å²) in [6.07, 6.45) is 2.01. The van der Waals surface area contributed by atoms with Gasteiger partial charge >= 0.3 is 6.09 Å². The maximum absolute atomic E-state index is 12.8. The van der Waals surface area contributed by atoms with Crippen LogP contribution in [0.5, 0.6) is 5.75 Å². The van der Waals surface area contributed by atoms with Gasteiger partial charge in [0.2, 0.25) is 5.91 Å². The Morgan fingerprint density at radius 3 is 2.77 bits per heavy atom. The molecule has 26 heavy (non-hydrogen) atoms. The summed E-state index contributed by atoms with van der Waals surface area (Å²) in [7, 11) is 0. The molecule has 2 unspecified atom stereocenters. The average molecular weight is 360 g/mol. The minimum absolute atomic E-state index is 0.0000354. The van der Waals surface area contributed by atoms with Crippen LogP contribution in [0.2, 0.25) is 0 Å². The van der Waals surface area contributed by atoms with Gasteiger partial charge in [-0.1, -0.05) is 18.2 Å². The molecule has 2 aliphatic rings. The number of ether oxygens (including phenoxy) is 2. The van der Waals surface area contributed by atoms with Gasteiger partial charge in [-0.25, -0.2) is 4.79 Å². The van der Waals surface area contributed by atoms with Gasteiger partial charge in [0.15, 0.2) is 0 Å². The Labute approximate surface area is 154 Å². The molecule has 0 aromatic heterocycles. The first-order valence-corrected chi connectivity index (χ1v) is 9.33. The molecular weight excluding hydrogens is 332 g/mol. The summed E-state index contributed by atoms with van der Waals surface area (Å²) in [5, 5.41) is 3.15. The molecule has 1 saturated heterocycles. The van der Waals surface area contributed by atoms with Gasteiger partial charge in [0.05, 0.1) is 18.6 Å². The SMILES string of the molecule is CC(C)(C)OC(=O)N1CCCC(C(=O)NC2CCOc3ccccc32)C1. The number of amides is 2. The van der Waals surface area contributed by atoms with Crippen molar-refractivity contribution >= 4 is 12.0 Å². The molecule has 2 aliphatic heterocycles. The molecule has 6 heteroatoms. The van der Waals surface area contributed by atoms with Gasteiger partial charge in [0, 0.05) is 25.1 Å². The van der Waals surface area contributed by atoms with E-state index in [1.54, 1.807) is 4.90 Å². The third kappa shape index (κ3) is 4.48. The van der Waals surface area contributed by atoms with Crippen LogP contribution in [0.3, 0.4) is 0 Å². The fourth-order valence-electron chi connectivity index (χ4n) is 3.47. The molecule has 2 heterocycles. The van der Waals surface area contributed by atoms with E-state index in [1.807, 2.05) is 45.0 Å². The van der Waals surface area contributed by atoms with E-state index in [9.17, 15) is 9.59 Å². The average Bonchev–Trinajstić information content (AvgIpc) is 2.61. The topological polar surface area (TPSA) is 67.9 Å². The first kappa shape index (κ1) is 18.5. The number of piperidine rings is 1. The Kier molecular flexibility index (Phi) is 5.39. The van der Waals surface area contributed by atoms with E-state index >= 15 is 0 Å². The highest BCUT2D eigenvalue weighted by atomic mass is 16.6. The Balaban J connectivity index is 1.61. The van der Waals surface area contributed by atoms with E-state index < -0.39 is 5.60 Å². The number of benzene rings is 1. The third-order valence-electron chi connectivity index (χ3n) is 4.72. The predicted molar refractivity (Wildman–Crippen MR) is 98.0 cm³/mol. The monoisotopic (exact) mass is 360 g/mol. The summed E-state index contributed by atoms with van der Waals surface area (Å²) < 4.78 is 11.1. The highest BCUT2D eigenvalue weighted by Gasteiger charge is 2.32. The summed E-state index contributed by atoms with van der Waals surface area (Å²) in [6, 6.07) is 7.77. The van der Waals surface area contributed by atoms with Crippen LogP contribution >= 0.6 is 0 Å². The molecular formula is C20H28N2O4. The minimum Gasteiger partial charge on any atom is -0.493 e.